The van der Waals surface area contributed by atoms with Crippen LogP contribution in [0.1, 0.15) is 98.8 Å². The Morgan fingerprint density at radius 1 is 1.06 bits per heavy atom. The van der Waals surface area contributed by atoms with Gasteiger partial charge in [0.05, 0.1) is 6.10 Å². The van der Waals surface area contributed by atoms with Crippen LogP contribution < -0.4 is 4.72 Å². The molecule has 190 valence electrons. The van der Waals surface area contributed by atoms with Crippen molar-refractivity contribution >= 4 is 10.3 Å². The van der Waals surface area contributed by atoms with E-state index in [0.29, 0.717) is 22.7 Å². The predicted molar refractivity (Wildman–Crippen MR) is 133 cm³/mol. The predicted octanol–water partition coefficient (Wildman–Crippen LogP) is 5.76. The van der Waals surface area contributed by atoms with E-state index in [0.717, 1.165) is 49.9 Å². The fourth-order valence-electron chi connectivity index (χ4n) is 8.98. The van der Waals surface area contributed by atoms with Gasteiger partial charge in [0.2, 0.25) is 0 Å². The molecule has 0 bridgehead atoms. The van der Waals surface area contributed by atoms with Crippen molar-refractivity contribution < 1.29 is 18.1 Å². The van der Waals surface area contributed by atoms with Crippen molar-refractivity contribution in [1.82, 2.24) is 4.72 Å². The highest BCUT2D eigenvalue weighted by atomic mass is 32.2. The Morgan fingerprint density at radius 3 is 2.45 bits per heavy atom. The number of allylic oxidation sites excluding steroid dienone is 1. The highest BCUT2D eigenvalue weighted by molar-refractivity contribution is 7.83. The van der Waals surface area contributed by atoms with Crippen LogP contribution in [-0.2, 0) is 10.3 Å². The van der Waals surface area contributed by atoms with Crippen LogP contribution in [0.5, 0.6) is 0 Å². The maximum Gasteiger partial charge on any atom is 0.333 e. The quantitative estimate of drug-likeness (QED) is 0.319. The molecule has 3 N–H and O–H groups in total. The van der Waals surface area contributed by atoms with E-state index < -0.39 is 10.3 Å². The Labute approximate surface area is 202 Å². The molecule has 0 aromatic carbocycles. The first kappa shape index (κ1) is 25.7. The fourth-order valence-corrected chi connectivity index (χ4v) is 9.75. The van der Waals surface area contributed by atoms with Crippen LogP contribution in [0.15, 0.2) is 11.6 Å². The van der Waals surface area contributed by atoms with Crippen LogP contribution in [0.3, 0.4) is 0 Å². The van der Waals surface area contributed by atoms with Gasteiger partial charge in [-0.3, -0.25) is 4.55 Å². The third-order valence-corrected chi connectivity index (χ3v) is 11.5. The van der Waals surface area contributed by atoms with Gasteiger partial charge >= 0.3 is 10.3 Å². The monoisotopic (exact) mass is 481 g/mol. The van der Waals surface area contributed by atoms with Gasteiger partial charge in [-0.25, -0.2) is 0 Å². The summed E-state index contributed by atoms with van der Waals surface area (Å²) in [5.74, 6) is 3.71. The summed E-state index contributed by atoms with van der Waals surface area (Å²) in [6.07, 6.45) is 13.5. The van der Waals surface area contributed by atoms with Gasteiger partial charge in [0.1, 0.15) is 0 Å². The molecule has 0 radical (unpaired) electrons. The van der Waals surface area contributed by atoms with Gasteiger partial charge in [-0.15, -0.1) is 0 Å². The molecule has 0 saturated heterocycles. The second-order valence-electron chi connectivity index (χ2n) is 12.9. The first-order valence-electron chi connectivity index (χ1n) is 13.5. The van der Waals surface area contributed by atoms with Crippen molar-refractivity contribution in [2.45, 2.75) is 111 Å². The van der Waals surface area contributed by atoms with Crippen LogP contribution in [0, 0.1) is 46.3 Å². The molecule has 33 heavy (non-hydrogen) atoms. The summed E-state index contributed by atoms with van der Waals surface area (Å²) in [5.41, 5.74) is 2.21. The van der Waals surface area contributed by atoms with Crippen molar-refractivity contribution in [3.8, 4) is 0 Å². The Kier molecular flexibility index (Phi) is 7.17. The van der Waals surface area contributed by atoms with E-state index in [1.54, 1.807) is 5.57 Å². The molecular formula is C27H47NO4S. The molecule has 0 aromatic rings. The zero-order valence-corrected chi connectivity index (χ0v) is 22.2. The maximum absolute atomic E-state index is 11.4. The molecule has 8 unspecified atom stereocenters. The topological polar surface area (TPSA) is 86.6 Å². The Balaban J connectivity index is 1.45. The van der Waals surface area contributed by atoms with Crippen molar-refractivity contribution in [1.29, 1.82) is 0 Å². The lowest BCUT2D eigenvalue weighted by atomic mass is 9.47. The molecule has 3 saturated carbocycles. The second kappa shape index (κ2) is 9.22. The summed E-state index contributed by atoms with van der Waals surface area (Å²) in [4.78, 5) is 0. The molecule has 3 fully saturated rings. The number of rotatable bonds is 7. The SMILES string of the molecule is CC(C)C(CCC(C)C1CCC2C3CC=C4C[C@@H](O)CCC4(C)C3CCC12C)NS(=O)(=O)O. The van der Waals surface area contributed by atoms with Gasteiger partial charge in [0.15, 0.2) is 0 Å². The Morgan fingerprint density at radius 2 is 1.79 bits per heavy atom. The second-order valence-corrected chi connectivity index (χ2v) is 14.1. The van der Waals surface area contributed by atoms with E-state index in [2.05, 4.69) is 31.6 Å². The smallest absolute Gasteiger partial charge is 0.333 e. The molecule has 0 aromatic heterocycles. The first-order valence-corrected chi connectivity index (χ1v) is 14.9. The first-order chi connectivity index (χ1) is 15.3. The standard InChI is InChI=1S/C27H47NO4S/c1-17(2)25(28-33(30,31)32)11-6-18(3)22-9-10-23-21-8-7-19-16-20(29)12-14-26(19,4)24(21)13-15-27(22,23)5/h7,17-18,20-25,28-29H,6,8-16H2,1-5H3,(H,30,31,32)/t18?,20-,21?,22?,23?,24?,25?,26?,27?/m0/s1. The van der Waals surface area contributed by atoms with Crippen LogP contribution >= 0.6 is 0 Å². The van der Waals surface area contributed by atoms with Crippen molar-refractivity contribution in [3.63, 3.8) is 0 Å². The fraction of sp³-hybridized carbons (Fsp3) is 0.926. The van der Waals surface area contributed by atoms with Crippen molar-refractivity contribution in [2.75, 3.05) is 0 Å². The molecule has 0 spiro atoms. The van der Waals surface area contributed by atoms with E-state index in [1.165, 1.54) is 32.1 Å². The Hall–Kier alpha value is -0.430. The lowest BCUT2D eigenvalue weighted by Crippen LogP contribution is -2.50. The minimum atomic E-state index is -4.17. The van der Waals surface area contributed by atoms with Crippen molar-refractivity contribution in [2.24, 2.45) is 46.3 Å². The van der Waals surface area contributed by atoms with Gasteiger partial charge in [-0.2, -0.15) is 13.1 Å². The van der Waals surface area contributed by atoms with Gasteiger partial charge in [-0.1, -0.05) is 46.3 Å². The number of aliphatic hydroxyl groups is 1. The molecular weight excluding hydrogens is 434 g/mol. The summed E-state index contributed by atoms with van der Waals surface area (Å²) >= 11 is 0. The zero-order chi connectivity index (χ0) is 24.2. The van der Waals surface area contributed by atoms with Crippen LogP contribution in [0.2, 0.25) is 0 Å². The third-order valence-electron chi connectivity index (χ3n) is 10.9. The largest absolute Gasteiger partial charge is 0.393 e. The maximum atomic E-state index is 11.4. The van der Waals surface area contributed by atoms with Gasteiger partial charge < -0.3 is 5.11 Å². The van der Waals surface area contributed by atoms with E-state index in [9.17, 15) is 18.1 Å². The number of nitrogens with one attached hydrogen (secondary N) is 1. The summed E-state index contributed by atoms with van der Waals surface area (Å²) < 4.78 is 34.5. The van der Waals surface area contributed by atoms with Gasteiger partial charge in [-0.05, 0) is 111 Å². The molecule has 5 nitrogen and oxygen atoms in total. The molecule has 6 heteroatoms. The average Bonchev–Trinajstić information content (AvgIpc) is 3.07. The molecule has 4 rings (SSSR count). The molecule has 9 atom stereocenters. The van der Waals surface area contributed by atoms with Crippen LogP contribution in [0.25, 0.3) is 0 Å². The Bertz CT molecular complexity index is 854. The summed E-state index contributed by atoms with van der Waals surface area (Å²) in [5, 5.41) is 10.2. The molecule has 4 aliphatic rings. The van der Waals surface area contributed by atoms with Crippen LogP contribution in [0.4, 0.5) is 0 Å². The number of hydrogen-bond donors (Lipinski definition) is 3. The number of fused-ring (bicyclic) bond motifs is 5. The molecule has 0 aliphatic heterocycles. The van der Waals surface area contributed by atoms with E-state index in [1.807, 2.05) is 13.8 Å². The minimum absolute atomic E-state index is 0.142. The summed E-state index contributed by atoms with van der Waals surface area (Å²) in [6, 6.07) is -0.216. The van der Waals surface area contributed by atoms with E-state index in [4.69, 9.17) is 0 Å². The number of hydrogen-bond acceptors (Lipinski definition) is 3. The normalized spacial score (nSPS) is 42.8. The zero-order valence-electron chi connectivity index (χ0n) is 21.4. The summed E-state index contributed by atoms with van der Waals surface area (Å²) in [6.45, 7) is 11.4. The average molecular weight is 482 g/mol. The lowest BCUT2D eigenvalue weighted by molar-refractivity contribution is -0.0574. The highest BCUT2D eigenvalue weighted by Gasteiger charge is 2.59. The van der Waals surface area contributed by atoms with E-state index >= 15 is 0 Å². The highest BCUT2D eigenvalue weighted by Crippen LogP contribution is 2.67. The van der Waals surface area contributed by atoms with Crippen LogP contribution in [-0.4, -0.2) is 30.2 Å². The lowest BCUT2D eigenvalue weighted by Gasteiger charge is -2.58. The number of aliphatic hydroxyl groups excluding tert-OH is 1. The molecule has 0 amide bonds. The van der Waals surface area contributed by atoms with E-state index in [-0.39, 0.29) is 18.1 Å². The van der Waals surface area contributed by atoms with Gasteiger partial charge in [0, 0.05) is 6.04 Å². The van der Waals surface area contributed by atoms with Gasteiger partial charge in [0.25, 0.3) is 0 Å². The third kappa shape index (κ3) is 4.83. The molecule has 4 aliphatic carbocycles. The van der Waals surface area contributed by atoms with Crippen molar-refractivity contribution in [3.05, 3.63) is 11.6 Å². The molecule has 0 heterocycles. The minimum Gasteiger partial charge on any atom is -0.393 e. The summed E-state index contributed by atoms with van der Waals surface area (Å²) in [7, 11) is -4.17.